The van der Waals surface area contributed by atoms with Gasteiger partial charge in [-0.15, -0.1) is 0 Å². The molecule has 0 aliphatic carbocycles. The van der Waals surface area contributed by atoms with Crippen molar-refractivity contribution in [3.8, 4) is 0 Å². The van der Waals surface area contributed by atoms with Crippen molar-refractivity contribution in [1.29, 1.82) is 0 Å². The number of rotatable bonds is 4. The molecule has 2 heterocycles. The van der Waals surface area contributed by atoms with Crippen LogP contribution in [0.15, 0.2) is 24.3 Å². The van der Waals surface area contributed by atoms with Gasteiger partial charge in [0.05, 0.1) is 0 Å². The minimum absolute atomic E-state index is 0.153. The fourth-order valence-electron chi connectivity index (χ4n) is 3.07. The van der Waals surface area contributed by atoms with Gasteiger partial charge in [0.25, 0.3) is 5.91 Å². The summed E-state index contributed by atoms with van der Waals surface area (Å²) in [7, 11) is 0. The maximum Gasteiger partial charge on any atom is 0.325 e. The van der Waals surface area contributed by atoms with E-state index in [0.29, 0.717) is 45.4 Å². The Hall–Kier alpha value is -1.95. The quantitative estimate of drug-likeness (QED) is 0.864. The summed E-state index contributed by atoms with van der Waals surface area (Å²) in [4.78, 5) is 25.8. The van der Waals surface area contributed by atoms with Crippen molar-refractivity contribution in [3.63, 3.8) is 0 Å². The Morgan fingerprint density at radius 2 is 2.05 bits per heavy atom. The topological polar surface area (TPSA) is 58.6 Å². The van der Waals surface area contributed by atoms with Gasteiger partial charge in [-0.3, -0.25) is 9.69 Å². The molecule has 0 aromatic heterocycles. The number of halogens is 1. The SMILES string of the molecule is O=C1NC2(CCOCC2)C(=O)N1CCCc1cccc(F)c1. The van der Waals surface area contributed by atoms with E-state index in [0.717, 1.165) is 5.56 Å². The van der Waals surface area contributed by atoms with Crippen LogP contribution >= 0.6 is 0 Å². The maximum absolute atomic E-state index is 13.1. The molecule has 0 unspecified atom stereocenters. The monoisotopic (exact) mass is 306 g/mol. The van der Waals surface area contributed by atoms with E-state index >= 15 is 0 Å². The first-order chi connectivity index (χ1) is 10.6. The van der Waals surface area contributed by atoms with Crippen molar-refractivity contribution in [3.05, 3.63) is 35.6 Å². The number of nitrogens with one attached hydrogen (secondary N) is 1. The largest absolute Gasteiger partial charge is 0.381 e. The minimum atomic E-state index is -0.770. The lowest BCUT2D eigenvalue weighted by atomic mass is 9.90. The molecule has 1 spiro atoms. The molecule has 118 valence electrons. The second-order valence-corrected chi connectivity index (χ2v) is 5.81. The lowest BCUT2D eigenvalue weighted by Gasteiger charge is -2.30. The van der Waals surface area contributed by atoms with E-state index in [1.165, 1.54) is 17.0 Å². The van der Waals surface area contributed by atoms with Crippen LogP contribution in [0.2, 0.25) is 0 Å². The molecule has 6 heteroatoms. The van der Waals surface area contributed by atoms with E-state index in [2.05, 4.69) is 5.32 Å². The molecule has 0 radical (unpaired) electrons. The van der Waals surface area contributed by atoms with Crippen molar-refractivity contribution in [1.82, 2.24) is 10.2 Å². The predicted molar refractivity (Wildman–Crippen MR) is 77.7 cm³/mol. The van der Waals surface area contributed by atoms with Gasteiger partial charge in [0, 0.05) is 32.6 Å². The third-order valence-corrected chi connectivity index (χ3v) is 4.33. The van der Waals surface area contributed by atoms with Gasteiger partial charge in [-0.25, -0.2) is 9.18 Å². The van der Waals surface area contributed by atoms with Crippen LogP contribution in [0.1, 0.15) is 24.8 Å². The molecule has 3 amide bonds. The van der Waals surface area contributed by atoms with E-state index in [9.17, 15) is 14.0 Å². The molecule has 3 rings (SSSR count). The Balaban J connectivity index is 1.58. The standard InChI is InChI=1S/C16H19FN2O3/c17-13-5-1-3-12(11-13)4-2-8-19-14(20)16(18-15(19)21)6-9-22-10-7-16/h1,3,5,11H,2,4,6-10H2,(H,18,21). The van der Waals surface area contributed by atoms with Gasteiger partial charge in [0.1, 0.15) is 11.4 Å². The highest BCUT2D eigenvalue weighted by Gasteiger charge is 2.51. The number of imide groups is 1. The Morgan fingerprint density at radius 3 is 2.77 bits per heavy atom. The Kier molecular flexibility index (Phi) is 4.11. The van der Waals surface area contributed by atoms with Crippen molar-refractivity contribution in [2.75, 3.05) is 19.8 Å². The van der Waals surface area contributed by atoms with Crippen LogP contribution in [0.3, 0.4) is 0 Å². The number of aryl methyl sites for hydroxylation is 1. The second-order valence-electron chi connectivity index (χ2n) is 5.81. The van der Waals surface area contributed by atoms with Crippen LogP contribution < -0.4 is 5.32 Å². The molecule has 2 aliphatic heterocycles. The molecular weight excluding hydrogens is 287 g/mol. The first-order valence-corrected chi connectivity index (χ1v) is 7.57. The van der Waals surface area contributed by atoms with Crippen molar-refractivity contribution < 1.29 is 18.7 Å². The molecule has 2 saturated heterocycles. The maximum atomic E-state index is 13.1. The van der Waals surface area contributed by atoms with Gasteiger partial charge in [-0.2, -0.15) is 0 Å². The highest BCUT2D eigenvalue weighted by atomic mass is 19.1. The van der Waals surface area contributed by atoms with Crippen LogP contribution in [-0.4, -0.2) is 42.1 Å². The summed E-state index contributed by atoms with van der Waals surface area (Å²) >= 11 is 0. The van der Waals surface area contributed by atoms with E-state index in [4.69, 9.17) is 4.74 Å². The van der Waals surface area contributed by atoms with Crippen molar-refractivity contribution in [2.24, 2.45) is 0 Å². The van der Waals surface area contributed by atoms with Gasteiger partial charge in [0.15, 0.2) is 0 Å². The summed E-state index contributed by atoms with van der Waals surface area (Å²) < 4.78 is 18.4. The fourth-order valence-corrected chi connectivity index (χ4v) is 3.07. The van der Waals surface area contributed by atoms with Gasteiger partial charge >= 0.3 is 6.03 Å². The summed E-state index contributed by atoms with van der Waals surface area (Å²) in [6.07, 6.45) is 2.30. The Morgan fingerprint density at radius 1 is 1.27 bits per heavy atom. The van der Waals surface area contributed by atoms with Crippen LogP contribution in [0, 0.1) is 5.82 Å². The molecule has 1 aromatic rings. The molecule has 0 saturated carbocycles. The van der Waals surface area contributed by atoms with Crippen LogP contribution in [0.5, 0.6) is 0 Å². The van der Waals surface area contributed by atoms with E-state index in [1.54, 1.807) is 6.07 Å². The number of hydrogen-bond donors (Lipinski definition) is 1. The summed E-state index contributed by atoms with van der Waals surface area (Å²) in [5.41, 5.74) is 0.0987. The molecule has 22 heavy (non-hydrogen) atoms. The van der Waals surface area contributed by atoms with Crippen LogP contribution in [0.25, 0.3) is 0 Å². The zero-order chi connectivity index (χ0) is 15.6. The third kappa shape index (κ3) is 2.83. The van der Waals surface area contributed by atoms with Gasteiger partial charge in [0.2, 0.25) is 0 Å². The highest BCUT2D eigenvalue weighted by Crippen LogP contribution is 2.28. The summed E-state index contributed by atoms with van der Waals surface area (Å²) in [5, 5.41) is 2.82. The zero-order valence-electron chi connectivity index (χ0n) is 12.3. The lowest BCUT2D eigenvalue weighted by Crippen LogP contribution is -2.51. The van der Waals surface area contributed by atoms with E-state index in [1.807, 2.05) is 6.07 Å². The first-order valence-electron chi connectivity index (χ1n) is 7.57. The number of carbonyl (C=O) groups excluding carboxylic acids is 2. The third-order valence-electron chi connectivity index (χ3n) is 4.33. The average Bonchev–Trinajstić information content (AvgIpc) is 2.72. The average molecular weight is 306 g/mol. The molecule has 2 aliphatic rings. The molecular formula is C16H19FN2O3. The van der Waals surface area contributed by atoms with Gasteiger partial charge in [-0.1, -0.05) is 12.1 Å². The number of carbonyl (C=O) groups is 2. The highest BCUT2D eigenvalue weighted by molar-refractivity contribution is 6.07. The van der Waals surface area contributed by atoms with E-state index in [-0.39, 0.29) is 17.8 Å². The molecule has 2 fully saturated rings. The summed E-state index contributed by atoms with van der Waals surface area (Å²) in [6.45, 7) is 1.33. The molecule has 1 aromatic carbocycles. The summed E-state index contributed by atoms with van der Waals surface area (Å²) in [5.74, 6) is -0.423. The number of hydrogen-bond acceptors (Lipinski definition) is 3. The number of nitrogens with zero attached hydrogens (tertiary/aromatic N) is 1. The van der Waals surface area contributed by atoms with E-state index < -0.39 is 5.54 Å². The Bertz CT molecular complexity index is 585. The second kappa shape index (κ2) is 6.04. The summed E-state index contributed by atoms with van der Waals surface area (Å²) in [6, 6.07) is 6.05. The number of urea groups is 1. The lowest BCUT2D eigenvalue weighted by molar-refractivity contribution is -0.134. The van der Waals surface area contributed by atoms with Crippen molar-refractivity contribution >= 4 is 11.9 Å². The predicted octanol–water partition coefficient (Wildman–Crippen LogP) is 1.86. The van der Waals surface area contributed by atoms with Crippen molar-refractivity contribution in [2.45, 2.75) is 31.2 Å². The zero-order valence-corrected chi connectivity index (χ0v) is 12.3. The Labute approximate surface area is 128 Å². The molecule has 1 N–H and O–H groups in total. The van der Waals surface area contributed by atoms with Gasteiger partial charge < -0.3 is 10.1 Å². The molecule has 0 atom stereocenters. The van der Waals surface area contributed by atoms with Crippen LogP contribution in [0.4, 0.5) is 9.18 Å². The molecule has 5 nitrogen and oxygen atoms in total. The van der Waals surface area contributed by atoms with Crippen LogP contribution in [-0.2, 0) is 16.0 Å². The van der Waals surface area contributed by atoms with Gasteiger partial charge in [-0.05, 0) is 30.5 Å². The molecule has 0 bridgehead atoms. The number of benzene rings is 1. The first kappa shape index (κ1) is 15.0. The number of amides is 3. The fraction of sp³-hybridized carbons (Fsp3) is 0.500. The normalized spacial score (nSPS) is 20.5. The smallest absolute Gasteiger partial charge is 0.325 e. The number of ether oxygens (including phenoxy) is 1. The minimum Gasteiger partial charge on any atom is -0.381 e.